The Morgan fingerprint density at radius 3 is 2.93 bits per heavy atom. The van der Waals surface area contributed by atoms with Gasteiger partial charge in [0, 0.05) is 11.6 Å². The molecule has 0 atom stereocenters. The van der Waals surface area contributed by atoms with Crippen molar-refractivity contribution in [3.8, 4) is 0 Å². The minimum absolute atomic E-state index is 0.225. The quantitative estimate of drug-likeness (QED) is 0.479. The minimum atomic E-state index is 0.225. The zero-order valence-electron chi connectivity index (χ0n) is 8.02. The van der Waals surface area contributed by atoms with E-state index >= 15 is 0 Å². The van der Waals surface area contributed by atoms with E-state index in [9.17, 15) is 0 Å². The van der Waals surface area contributed by atoms with Crippen LogP contribution in [0, 0.1) is 0 Å². The van der Waals surface area contributed by atoms with Gasteiger partial charge < -0.3 is 5.73 Å². The van der Waals surface area contributed by atoms with Crippen molar-refractivity contribution in [3.63, 3.8) is 0 Å². The molecule has 1 heterocycles. The number of rotatable bonds is 2. The third-order valence-electron chi connectivity index (χ3n) is 2.01. The molecule has 3 nitrogen and oxygen atoms in total. The van der Waals surface area contributed by atoms with E-state index in [-0.39, 0.29) is 5.88 Å². The Morgan fingerprint density at radius 1 is 1.33 bits per heavy atom. The van der Waals surface area contributed by atoms with Crippen LogP contribution in [0.4, 0.5) is 5.69 Å². The van der Waals surface area contributed by atoms with Gasteiger partial charge in [0.15, 0.2) is 0 Å². The van der Waals surface area contributed by atoms with E-state index in [2.05, 4.69) is 9.98 Å². The Balaban J connectivity index is 2.61. The fourth-order valence-electron chi connectivity index (χ4n) is 1.36. The molecule has 0 fully saturated rings. The molecule has 0 aliphatic carbocycles. The lowest BCUT2D eigenvalue weighted by atomic mass is 10.2. The number of benzene rings is 1. The van der Waals surface area contributed by atoms with Gasteiger partial charge in [-0.25, -0.2) is 4.99 Å². The van der Waals surface area contributed by atoms with Gasteiger partial charge in [0.2, 0.25) is 0 Å². The van der Waals surface area contributed by atoms with Crippen LogP contribution < -0.4 is 5.73 Å². The number of amidine groups is 1. The monoisotopic (exact) mass is 219 g/mol. The maximum Gasteiger partial charge on any atom is 0.115 e. The van der Waals surface area contributed by atoms with Crippen LogP contribution in [-0.4, -0.2) is 16.7 Å². The third kappa shape index (κ3) is 2.07. The molecular weight excluding hydrogens is 210 g/mol. The summed E-state index contributed by atoms with van der Waals surface area (Å²) >= 11 is 5.58. The predicted molar refractivity (Wildman–Crippen MR) is 63.7 cm³/mol. The predicted octanol–water partition coefficient (Wildman–Crippen LogP) is 2.46. The molecular formula is C11H10ClN3. The largest absolute Gasteiger partial charge is 0.386 e. The number of halogens is 1. The molecule has 0 saturated heterocycles. The first-order chi connectivity index (χ1) is 7.31. The number of para-hydroxylation sites is 1. The van der Waals surface area contributed by atoms with Gasteiger partial charge in [-0.2, -0.15) is 0 Å². The van der Waals surface area contributed by atoms with Crippen molar-refractivity contribution in [2.75, 3.05) is 5.88 Å². The molecule has 2 aromatic rings. The fraction of sp³-hybridized carbons (Fsp3) is 0.0909. The summed E-state index contributed by atoms with van der Waals surface area (Å²) in [6.45, 7) is 0. The molecule has 0 aliphatic rings. The summed E-state index contributed by atoms with van der Waals surface area (Å²) in [6.07, 6.45) is 1.73. The molecule has 0 unspecified atom stereocenters. The summed E-state index contributed by atoms with van der Waals surface area (Å²) in [5, 5.41) is 1.04. The highest BCUT2D eigenvalue weighted by Gasteiger charge is 2.00. The molecule has 0 radical (unpaired) electrons. The van der Waals surface area contributed by atoms with Crippen molar-refractivity contribution in [2.24, 2.45) is 10.7 Å². The lowest BCUT2D eigenvalue weighted by Gasteiger charge is -2.01. The number of aromatic nitrogens is 1. The van der Waals surface area contributed by atoms with E-state index in [0.29, 0.717) is 5.84 Å². The van der Waals surface area contributed by atoms with E-state index < -0.39 is 0 Å². The Bertz CT molecular complexity index is 503. The average Bonchev–Trinajstić information content (AvgIpc) is 2.29. The molecule has 0 saturated carbocycles. The van der Waals surface area contributed by atoms with Crippen molar-refractivity contribution in [1.29, 1.82) is 0 Å². The van der Waals surface area contributed by atoms with Crippen LogP contribution in [0.1, 0.15) is 0 Å². The first-order valence-corrected chi connectivity index (χ1v) is 5.07. The summed E-state index contributed by atoms with van der Waals surface area (Å²) < 4.78 is 0. The summed E-state index contributed by atoms with van der Waals surface area (Å²) in [6, 6.07) is 9.65. The van der Waals surface area contributed by atoms with Crippen molar-refractivity contribution in [3.05, 3.63) is 36.5 Å². The van der Waals surface area contributed by atoms with Crippen LogP contribution in [-0.2, 0) is 0 Å². The van der Waals surface area contributed by atoms with Crippen LogP contribution >= 0.6 is 11.6 Å². The Kier molecular flexibility index (Phi) is 2.83. The molecule has 15 heavy (non-hydrogen) atoms. The number of fused-ring (bicyclic) bond motifs is 1. The van der Waals surface area contributed by atoms with Crippen LogP contribution in [0.5, 0.6) is 0 Å². The highest BCUT2D eigenvalue weighted by Crippen LogP contribution is 2.23. The molecule has 0 aliphatic heterocycles. The summed E-state index contributed by atoms with van der Waals surface area (Å²) in [4.78, 5) is 8.47. The number of pyridine rings is 1. The highest BCUT2D eigenvalue weighted by atomic mass is 35.5. The summed E-state index contributed by atoms with van der Waals surface area (Å²) in [5.74, 6) is 0.623. The second kappa shape index (κ2) is 4.28. The van der Waals surface area contributed by atoms with E-state index in [0.717, 1.165) is 16.6 Å². The third-order valence-corrected chi connectivity index (χ3v) is 2.29. The van der Waals surface area contributed by atoms with Gasteiger partial charge in [0.1, 0.15) is 5.84 Å². The van der Waals surface area contributed by atoms with E-state index in [1.54, 1.807) is 6.20 Å². The van der Waals surface area contributed by atoms with E-state index in [1.807, 2.05) is 30.3 Å². The number of nitrogens with zero attached hydrogens (tertiary/aromatic N) is 2. The zero-order valence-corrected chi connectivity index (χ0v) is 8.78. The van der Waals surface area contributed by atoms with Gasteiger partial charge in [-0.3, -0.25) is 4.98 Å². The first-order valence-electron chi connectivity index (χ1n) is 4.54. The maximum atomic E-state index is 5.59. The lowest BCUT2D eigenvalue weighted by Crippen LogP contribution is -2.12. The maximum absolute atomic E-state index is 5.59. The van der Waals surface area contributed by atoms with Crippen molar-refractivity contribution >= 4 is 34.0 Å². The van der Waals surface area contributed by atoms with Gasteiger partial charge in [-0.15, -0.1) is 11.6 Å². The van der Waals surface area contributed by atoms with Gasteiger partial charge in [0.05, 0.1) is 17.1 Å². The van der Waals surface area contributed by atoms with Gasteiger partial charge >= 0.3 is 0 Å². The lowest BCUT2D eigenvalue weighted by molar-refractivity contribution is 1.38. The number of alkyl halides is 1. The molecule has 2 rings (SSSR count). The number of hydrogen-bond acceptors (Lipinski definition) is 2. The van der Waals surface area contributed by atoms with Crippen molar-refractivity contribution in [2.45, 2.75) is 0 Å². The average molecular weight is 220 g/mol. The van der Waals surface area contributed by atoms with Crippen molar-refractivity contribution in [1.82, 2.24) is 4.98 Å². The number of nitrogens with two attached hydrogens (primary N) is 1. The van der Waals surface area contributed by atoms with Crippen LogP contribution in [0.2, 0.25) is 0 Å². The van der Waals surface area contributed by atoms with Gasteiger partial charge in [-0.1, -0.05) is 18.2 Å². The van der Waals surface area contributed by atoms with Crippen LogP contribution in [0.15, 0.2) is 41.5 Å². The molecule has 4 heteroatoms. The Hall–Kier alpha value is -1.61. The molecule has 2 N–H and O–H groups in total. The van der Waals surface area contributed by atoms with Gasteiger partial charge in [0.25, 0.3) is 0 Å². The summed E-state index contributed by atoms with van der Waals surface area (Å²) in [5.41, 5.74) is 7.18. The molecule has 76 valence electrons. The van der Waals surface area contributed by atoms with E-state index in [1.165, 1.54) is 0 Å². The second-order valence-corrected chi connectivity index (χ2v) is 3.36. The Morgan fingerprint density at radius 2 is 2.13 bits per heavy atom. The first kappa shape index (κ1) is 9.93. The molecule has 0 bridgehead atoms. The molecule has 0 amide bonds. The normalized spacial score (nSPS) is 11.9. The summed E-state index contributed by atoms with van der Waals surface area (Å²) in [7, 11) is 0. The number of aliphatic imine (C=N–C) groups is 1. The molecule has 0 spiro atoms. The molecule has 1 aromatic heterocycles. The van der Waals surface area contributed by atoms with Gasteiger partial charge in [-0.05, 0) is 12.1 Å². The van der Waals surface area contributed by atoms with Crippen LogP contribution in [0.25, 0.3) is 10.9 Å². The van der Waals surface area contributed by atoms with Crippen LogP contribution in [0.3, 0.4) is 0 Å². The topological polar surface area (TPSA) is 51.3 Å². The smallest absolute Gasteiger partial charge is 0.115 e. The molecule has 1 aromatic carbocycles. The second-order valence-electron chi connectivity index (χ2n) is 3.09. The minimum Gasteiger partial charge on any atom is -0.386 e. The SMILES string of the molecule is NC(CCl)=Nc1cccc2cccnc12. The Labute approximate surface area is 92.6 Å². The van der Waals surface area contributed by atoms with E-state index in [4.69, 9.17) is 17.3 Å². The standard InChI is InChI=1S/C11H10ClN3/c12-7-10(13)15-9-5-1-3-8-4-2-6-14-11(8)9/h1-6H,7H2,(H2,13,15). The van der Waals surface area contributed by atoms with Crippen molar-refractivity contribution < 1.29 is 0 Å². The zero-order chi connectivity index (χ0) is 10.7. The highest BCUT2D eigenvalue weighted by molar-refractivity contribution is 6.28. The number of hydrogen-bond donors (Lipinski definition) is 1. The fourth-order valence-corrected chi connectivity index (χ4v) is 1.42.